The van der Waals surface area contributed by atoms with E-state index < -0.39 is 14.0 Å². The fourth-order valence-corrected chi connectivity index (χ4v) is 5.52. The number of rotatable bonds is 7. The molecule has 0 heterocycles. The quantitative estimate of drug-likeness (QED) is 0.279. The molecule has 2 rings (SSSR count). The van der Waals surface area contributed by atoms with Crippen LogP contribution in [-0.4, -0.2) is 26.9 Å². The Labute approximate surface area is 160 Å². The number of carbonyl (C=O) groups excluding carboxylic acids is 2. The number of hydrogen-bond donors (Lipinski definition) is 0. The number of thioether (sulfide) groups is 1. The summed E-state index contributed by atoms with van der Waals surface area (Å²) in [7, 11) is -0.300. The van der Waals surface area contributed by atoms with Crippen LogP contribution in [0.25, 0.3) is 0 Å². The molecule has 0 radical (unpaired) electrons. The summed E-state index contributed by atoms with van der Waals surface area (Å²) in [4.78, 5) is 24.2. The van der Waals surface area contributed by atoms with Crippen LogP contribution in [0.3, 0.4) is 0 Å². The van der Waals surface area contributed by atoms with Crippen molar-refractivity contribution in [2.75, 3.05) is 7.11 Å². The number of benzene rings is 2. The number of ether oxygens (including phenoxy) is 1. The van der Waals surface area contributed by atoms with Crippen LogP contribution in [0.15, 0.2) is 65.2 Å². The molecule has 0 fully saturated rings. The Morgan fingerprint density at radius 3 is 2.08 bits per heavy atom. The fraction of sp³-hybridized carbons (Fsp3) is 0.238. The van der Waals surface area contributed by atoms with Crippen molar-refractivity contribution in [2.24, 2.45) is 0 Å². The van der Waals surface area contributed by atoms with E-state index in [1.807, 2.05) is 18.2 Å². The molecule has 0 spiro atoms. The zero-order chi connectivity index (χ0) is 19.2. The van der Waals surface area contributed by atoms with Crippen molar-refractivity contribution in [3.63, 3.8) is 0 Å². The van der Waals surface area contributed by atoms with Crippen LogP contribution in [0.1, 0.15) is 26.3 Å². The van der Waals surface area contributed by atoms with Crippen LogP contribution in [0, 0.1) is 0 Å². The Balaban J connectivity index is 2.17. The molecule has 136 valence electrons. The second kappa shape index (κ2) is 9.01. The Morgan fingerprint density at radius 1 is 0.962 bits per heavy atom. The molecule has 0 unspecified atom stereocenters. The average Bonchev–Trinajstić information content (AvgIpc) is 2.64. The molecule has 0 atom stereocenters. The summed E-state index contributed by atoms with van der Waals surface area (Å²) < 4.78 is 5.86. The van der Waals surface area contributed by atoms with Crippen LogP contribution in [0.2, 0.25) is 19.6 Å². The summed E-state index contributed by atoms with van der Waals surface area (Å²) in [5.41, 5.74) is 2.27. The van der Waals surface area contributed by atoms with E-state index in [0.29, 0.717) is 11.1 Å². The zero-order valence-corrected chi connectivity index (χ0v) is 17.4. The predicted octanol–water partition coefficient (Wildman–Crippen LogP) is 5.35. The minimum atomic E-state index is -1.64. The Kier molecular flexibility index (Phi) is 7.00. The van der Waals surface area contributed by atoms with Gasteiger partial charge < -0.3 is 4.74 Å². The minimum Gasteiger partial charge on any atom is -0.465 e. The summed E-state index contributed by atoms with van der Waals surface area (Å²) >= 11 is 1.74. The van der Waals surface area contributed by atoms with Gasteiger partial charge in [-0.15, -0.1) is 11.8 Å². The highest BCUT2D eigenvalue weighted by molar-refractivity contribution is 8.04. The minimum absolute atomic E-state index is 0.0283. The molecule has 0 aliphatic carbocycles. The summed E-state index contributed by atoms with van der Waals surface area (Å²) in [6.45, 7) is 6.72. The van der Waals surface area contributed by atoms with E-state index in [1.54, 1.807) is 42.1 Å². The van der Waals surface area contributed by atoms with Crippen molar-refractivity contribution in [3.05, 3.63) is 81.9 Å². The molecule has 0 aliphatic heterocycles. The van der Waals surface area contributed by atoms with Gasteiger partial charge in [-0.3, -0.25) is 4.79 Å². The van der Waals surface area contributed by atoms with Crippen LogP contribution in [0.5, 0.6) is 0 Å². The van der Waals surface area contributed by atoms with E-state index in [2.05, 4.69) is 36.5 Å². The van der Waals surface area contributed by atoms with E-state index >= 15 is 0 Å². The third-order valence-electron chi connectivity index (χ3n) is 3.83. The van der Waals surface area contributed by atoms with Gasteiger partial charge in [0.1, 0.15) is 0 Å². The van der Waals surface area contributed by atoms with Crippen LogP contribution in [0.4, 0.5) is 0 Å². The number of ketones is 1. The maximum absolute atomic E-state index is 12.7. The monoisotopic (exact) mass is 384 g/mol. The first-order valence-electron chi connectivity index (χ1n) is 8.43. The van der Waals surface area contributed by atoms with E-state index in [-0.39, 0.29) is 5.78 Å². The second-order valence-corrected chi connectivity index (χ2v) is 13.4. The van der Waals surface area contributed by atoms with Gasteiger partial charge in [0.05, 0.1) is 20.7 Å². The summed E-state index contributed by atoms with van der Waals surface area (Å²) in [6.07, 6.45) is 1.77. The number of allylic oxidation sites excluding steroid dienone is 1. The lowest BCUT2D eigenvalue weighted by Gasteiger charge is -2.20. The third-order valence-corrected chi connectivity index (χ3v) is 8.63. The van der Waals surface area contributed by atoms with Crippen LogP contribution in [-0.2, 0) is 10.5 Å². The van der Waals surface area contributed by atoms with Gasteiger partial charge in [0.2, 0.25) is 0 Å². The molecule has 2 aromatic rings. The molecule has 0 bridgehead atoms. The van der Waals surface area contributed by atoms with Gasteiger partial charge in [-0.1, -0.05) is 62.1 Å². The van der Waals surface area contributed by atoms with E-state index in [1.165, 1.54) is 17.2 Å². The first-order valence-corrected chi connectivity index (χ1v) is 12.9. The predicted molar refractivity (Wildman–Crippen MR) is 111 cm³/mol. The van der Waals surface area contributed by atoms with Gasteiger partial charge >= 0.3 is 5.97 Å². The molecule has 0 saturated carbocycles. The molecule has 3 nitrogen and oxygen atoms in total. The number of hydrogen-bond acceptors (Lipinski definition) is 4. The smallest absolute Gasteiger partial charge is 0.337 e. The van der Waals surface area contributed by atoms with E-state index in [4.69, 9.17) is 0 Å². The van der Waals surface area contributed by atoms with Crippen molar-refractivity contribution in [1.29, 1.82) is 0 Å². The summed E-state index contributed by atoms with van der Waals surface area (Å²) in [5, 5.41) is 0. The largest absolute Gasteiger partial charge is 0.465 e. The topological polar surface area (TPSA) is 43.4 Å². The molecule has 0 amide bonds. The zero-order valence-electron chi connectivity index (χ0n) is 15.6. The van der Waals surface area contributed by atoms with Gasteiger partial charge in [-0.25, -0.2) is 4.79 Å². The fourth-order valence-electron chi connectivity index (χ4n) is 2.30. The molecule has 0 saturated heterocycles. The maximum Gasteiger partial charge on any atom is 0.337 e. The number of carbonyl (C=O) groups is 2. The lowest BCUT2D eigenvalue weighted by atomic mass is 10.1. The molecular weight excluding hydrogens is 360 g/mol. The molecule has 0 aliphatic rings. The van der Waals surface area contributed by atoms with Gasteiger partial charge in [0.25, 0.3) is 0 Å². The first-order chi connectivity index (χ1) is 12.3. The molecule has 26 heavy (non-hydrogen) atoms. The normalized spacial score (nSPS) is 11.9. The van der Waals surface area contributed by atoms with Crippen molar-refractivity contribution in [2.45, 2.75) is 25.4 Å². The van der Waals surface area contributed by atoms with Crippen molar-refractivity contribution < 1.29 is 14.3 Å². The van der Waals surface area contributed by atoms with Crippen LogP contribution < -0.4 is 0 Å². The van der Waals surface area contributed by atoms with Gasteiger partial charge in [-0.05, 0) is 28.3 Å². The lowest BCUT2D eigenvalue weighted by molar-refractivity contribution is 0.0600. The van der Waals surface area contributed by atoms with Crippen LogP contribution >= 0.6 is 11.8 Å². The van der Waals surface area contributed by atoms with E-state index in [9.17, 15) is 9.59 Å². The number of esters is 1. The lowest BCUT2D eigenvalue weighted by Crippen LogP contribution is -2.23. The molecule has 0 N–H and O–H groups in total. The highest BCUT2D eigenvalue weighted by Crippen LogP contribution is 2.30. The average molecular weight is 385 g/mol. The second-order valence-electron chi connectivity index (χ2n) is 6.97. The molecule has 2 aromatic carbocycles. The van der Waals surface area contributed by atoms with Crippen molar-refractivity contribution in [3.8, 4) is 0 Å². The SMILES string of the molecule is COC(=O)c1ccc(C(=O)/C=C(/SCc2ccccc2)[Si](C)(C)C)cc1. The highest BCUT2D eigenvalue weighted by Gasteiger charge is 2.22. The Hall–Kier alpha value is -2.11. The van der Waals surface area contributed by atoms with E-state index in [0.717, 1.165) is 5.75 Å². The highest BCUT2D eigenvalue weighted by atomic mass is 32.2. The van der Waals surface area contributed by atoms with Crippen molar-refractivity contribution in [1.82, 2.24) is 0 Å². The van der Waals surface area contributed by atoms with Gasteiger partial charge in [0, 0.05) is 11.3 Å². The molecular formula is C21H24O3SSi. The maximum atomic E-state index is 12.7. The Bertz CT molecular complexity index is 790. The standard InChI is InChI=1S/C21H24O3SSi/c1-24-21(23)18-12-10-17(11-13-18)19(22)14-20(26(2,3)4)25-15-16-8-6-5-7-9-16/h5-14H,15H2,1-4H3/b20-14-. The summed E-state index contributed by atoms with van der Waals surface area (Å²) in [5.74, 6) is 0.422. The third kappa shape index (κ3) is 5.71. The van der Waals surface area contributed by atoms with Gasteiger partial charge in [-0.2, -0.15) is 0 Å². The molecule has 5 heteroatoms. The first kappa shape index (κ1) is 20.2. The summed E-state index contributed by atoms with van der Waals surface area (Å²) in [6, 6.07) is 16.9. The van der Waals surface area contributed by atoms with Gasteiger partial charge in [0.15, 0.2) is 5.78 Å². The molecule has 0 aromatic heterocycles. The van der Waals surface area contributed by atoms with Crippen molar-refractivity contribution >= 4 is 31.6 Å². The Morgan fingerprint density at radius 2 is 1.54 bits per heavy atom. The number of methoxy groups -OCH3 is 1.